The number of rotatable bonds is 4. The highest BCUT2D eigenvalue weighted by molar-refractivity contribution is 5.96. The van der Waals surface area contributed by atoms with Gasteiger partial charge in [-0.25, -0.2) is 0 Å². The molecule has 0 bridgehead atoms. The Bertz CT molecular complexity index is 516. The highest BCUT2D eigenvalue weighted by Crippen LogP contribution is 2.18. The van der Waals surface area contributed by atoms with Crippen LogP contribution in [0, 0.1) is 6.92 Å². The van der Waals surface area contributed by atoms with Crippen molar-refractivity contribution in [3.63, 3.8) is 0 Å². The molecule has 2 rings (SSSR count). The third-order valence-corrected chi connectivity index (χ3v) is 3.77. The van der Waals surface area contributed by atoms with Crippen molar-refractivity contribution in [1.82, 2.24) is 10.6 Å². The molecule has 0 radical (unpaired) electrons. The van der Waals surface area contributed by atoms with Gasteiger partial charge >= 0.3 is 0 Å². The van der Waals surface area contributed by atoms with E-state index in [9.17, 15) is 14.7 Å². The molecule has 0 heterocycles. The fourth-order valence-electron chi connectivity index (χ4n) is 2.59. The van der Waals surface area contributed by atoms with Crippen molar-refractivity contribution in [2.24, 2.45) is 0 Å². The zero-order valence-corrected chi connectivity index (χ0v) is 12.3. The Hall–Kier alpha value is -1.88. The summed E-state index contributed by atoms with van der Waals surface area (Å²) in [6.45, 7) is 1.84. The predicted octanol–water partition coefficient (Wildman–Crippen LogP) is 1.14. The lowest BCUT2D eigenvalue weighted by Gasteiger charge is -2.28. The maximum absolute atomic E-state index is 11.9. The topological polar surface area (TPSA) is 78.4 Å². The van der Waals surface area contributed by atoms with Crippen LogP contribution in [0.2, 0.25) is 0 Å². The summed E-state index contributed by atoms with van der Waals surface area (Å²) in [7, 11) is 0. The van der Waals surface area contributed by atoms with E-state index in [4.69, 9.17) is 0 Å². The molecule has 114 valence electrons. The Kier molecular flexibility index (Phi) is 5.33. The van der Waals surface area contributed by atoms with E-state index in [1.165, 1.54) is 0 Å². The van der Waals surface area contributed by atoms with E-state index >= 15 is 0 Å². The van der Waals surface area contributed by atoms with Crippen molar-refractivity contribution in [2.75, 3.05) is 6.54 Å². The zero-order chi connectivity index (χ0) is 15.2. The molecule has 0 saturated heterocycles. The fraction of sp³-hybridized carbons (Fsp3) is 0.500. The molecule has 0 spiro atoms. The van der Waals surface area contributed by atoms with Crippen LogP contribution in [-0.2, 0) is 4.79 Å². The summed E-state index contributed by atoms with van der Waals surface area (Å²) in [4.78, 5) is 23.7. The number of nitrogens with one attached hydrogen (secondary N) is 2. The number of benzene rings is 1. The molecule has 1 aromatic rings. The summed E-state index contributed by atoms with van der Waals surface area (Å²) in [5, 5.41) is 15.2. The van der Waals surface area contributed by atoms with Crippen LogP contribution in [0.1, 0.15) is 41.6 Å². The highest BCUT2D eigenvalue weighted by Gasteiger charge is 2.24. The second-order valence-corrected chi connectivity index (χ2v) is 5.58. The third kappa shape index (κ3) is 4.56. The van der Waals surface area contributed by atoms with E-state index in [1.807, 2.05) is 19.1 Å². The molecule has 5 heteroatoms. The molecule has 5 nitrogen and oxygen atoms in total. The van der Waals surface area contributed by atoms with Gasteiger partial charge in [-0.05, 0) is 31.9 Å². The minimum atomic E-state index is -0.477. The Balaban J connectivity index is 1.79. The van der Waals surface area contributed by atoms with Gasteiger partial charge in [-0.3, -0.25) is 9.59 Å². The maximum atomic E-state index is 11.9. The number of hydrogen-bond acceptors (Lipinski definition) is 3. The lowest BCUT2D eigenvalue weighted by atomic mass is 9.92. The van der Waals surface area contributed by atoms with Gasteiger partial charge in [0.15, 0.2) is 0 Å². The van der Waals surface area contributed by atoms with Crippen molar-refractivity contribution >= 4 is 11.8 Å². The molecule has 0 aliphatic heterocycles. The zero-order valence-electron chi connectivity index (χ0n) is 12.3. The van der Waals surface area contributed by atoms with Gasteiger partial charge < -0.3 is 15.7 Å². The normalized spacial score (nSPS) is 21.6. The summed E-state index contributed by atoms with van der Waals surface area (Å²) < 4.78 is 0. The molecule has 2 atom stereocenters. The van der Waals surface area contributed by atoms with E-state index in [0.717, 1.165) is 31.2 Å². The number of carbonyl (C=O) groups excluding carboxylic acids is 2. The molecule has 0 aromatic heterocycles. The number of carbonyl (C=O) groups is 2. The van der Waals surface area contributed by atoms with E-state index in [1.54, 1.807) is 12.1 Å². The van der Waals surface area contributed by atoms with Gasteiger partial charge in [0.1, 0.15) is 0 Å². The number of hydrogen-bond donors (Lipinski definition) is 3. The Morgan fingerprint density at radius 1 is 1.29 bits per heavy atom. The maximum Gasteiger partial charge on any atom is 0.251 e. The molecule has 2 amide bonds. The average molecular weight is 290 g/mol. The predicted molar refractivity (Wildman–Crippen MR) is 79.9 cm³/mol. The number of aliphatic hydroxyl groups excluding tert-OH is 1. The average Bonchev–Trinajstić information content (AvgIpc) is 2.47. The standard InChI is InChI=1S/C16H22N2O3/c1-11-5-4-6-12(9-11)16(21)17-10-15(20)18-13-7-2-3-8-14(13)19/h4-6,9,13-14,19H,2-3,7-8,10H2,1H3,(H,17,21)(H,18,20)/t13-,14-/m1/s1. The third-order valence-electron chi connectivity index (χ3n) is 3.77. The minimum absolute atomic E-state index is 0.0734. The Morgan fingerprint density at radius 2 is 2.05 bits per heavy atom. The first-order valence-electron chi connectivity index (χ1n) is 7.38. The summed E-state index contributed by atoms with van der Waals surface area (Å²) in [5.74, 6) is -0.528. The highest BCUT2D eigenvalue weighted by atomic mass is 16.3. The van der Waals surface area contributed by atoms with Gasteiger partial charge in [0.05, 0.1) is 18.7 Å². The molecular formula is C16H22N2O3. The van der Waals surface area contributed by atoms with Crippen LogP contribution in [0.15, 0.2) is 24.3 Å². The largest absolute Gasteiger partial charge is 0.391 e. The van der Waals surface area contributed by atoms with Crippen LogP contribution in [-0.4, -0.2) is 35.6 Å². The van der Waals surface area contributed by atoms with Gasteiger partial charge in [-0.15, -0.1) is 0 Å². The molecule has 1 saturated carbocycles. The molecule has 1 aliphatic carbocycles. The van der Waals surface area contributed by atoms with E-state index < -0.39 is 6.10 Å². The molecule has 3 N–H and O–H groups in total. The minimum Gasteiger partial charge on any atom is -0.391 e. The lowest BCUT2D eigenvalue weighted by Crippen LogP contribution is -2.48. The van der Waals surface area contributed by atoms with Crippen LogP contribution in [0.25, 0.3) is 0 Å². The number of amides is 2. The Labute approximate surface area is 124 Å². The smallest absolute Gasteiger partial charge is 0.251 e. The monoisotopic (exact) mass is 290 g/mol. The quantitative estimate of drug-likeness (QED) is 0.778. The first-order chi connectivity index (χ1) is 10.1. The van der Waals surface area contributed by atoms with E-state index in [2.05, 4.69) is 10.6 Å². The molecule has 0 unspecified atom stereocenters. The van der Waals surface area contributed by atoms with E-state index in [-0.39, 0.29) is 24.4 Å². The molecule has 1 aliphatic rings. The summed E-state index contributed by atoms with van der Waals surface area (Å²) in [6, 6.07) is 7.02. The van der Waals surface area contributed by atoms with Crippen LogP contribution < -0.4 is 10.6 Å². The first kappa shape index (κ1) is 15.5. The van der Waals surface area contributed by atoms with Gasteiger partial charge in [0.2, 0.25) is 5.91 Å². The van der Waals surface area contributed by atoms with Gasteiger partial charge in [0, 0.05) is 5.56 Å². The van der Waals surface area contributed by atoms with Gasteiger partial charge in [-0.2, -0.15) is 0 Å². The summed E-state index contributed by atoms with van der Waals surface area (Å²) in [6.07, 6.45) is 3.05. The van der Waals surface area contributed by atoms with Gasteiger partial charge in [0.25, 0.3) is 5.91 Å². The summed E-state index contributed by atoms with van der Waals surface area (Å²) >= 11 is 0. The van der Waals surface area contributed by atoms with Crippen molar-refractivity contribution in [2.45, 2.75) is 44.8 Å². The Morgan fingerprint density at radius 3 is 2.76 bits per heavy atom. The van der Waals surface area contributed by atoms with Crippen molar-refractivity contribution in [1.29, 1.82) is 0 Å². The van der Waals surface area contributed by atoms with Gasteiger partial charge in [-0.1, -0.05) is 30.5 Å². The second-order valence-electron chi connectivity index (χ2n) is 5.58. The fourth-order valence-corrected chi connectivity index (χ4v) is 2.59. The number of aliphatic hydroxyl groups is 1. The van der Waals surface area contributed by atoms with E-state index in [0.29, 0.717) is 5.56 Å². The van der Waals surface area contributed by atoms with Crippen LogP contribution in [0.5, 0.6) is 0 Å². The first-order valence-corrected chi connectivity index (χ1v) is 7.38. The van der Waals surface area contributed by atoms with Crippen LogP contribution in [0.4, 0.5) is 0 Å². The van der Waals surface area contributed by atoms with Crippen molar-refractivity contribution < 1.29 is 14.7 Å². The van der Waals surface area contributed by atoms with Crippen molar-refractivity contribution in [3.05, 3.63) is 35.4 Å². The molecular weight excluding hydrogens is 268 g/mol. The van der Waals surface area contributed by atoms with Crippen LogP contribution in [0.3, 0.4) is 0 Å². The SMILES string of the molecule is Cc1cccc(C(=O)NCC(=O)N[C@@H]2CCCC[C@H]2O)c1. The lowest BCUT2D eigenvalue weighted by molar-refractivity contribution is -0.122. The summed E-state index contributed by atoms with van der Waals surface area (Å²) in [5.41, 5.74) is 1.54. The molecule has 21 heavy (non-hydrogen) atoms. The number of aryl methyl sites for hydroxylation is 1. The van der Waals surface area contributed by atoms with Crippen LogP contribution >= 0.6 is 0 Å². The second kappa shape index (κ2) is 7.22. The van der Waals surface area contributed by atoms with Crippen molar-refractivity contribution in [3.8, 4) is 0 Å². The molecule has 1 fully saturated rings. The molecule has 1 aromatic carbocycles.